The van der Waals surface area contributed by atoms with Crippen LogP contribution in [-0.4, -0.2) is 17.4 Å². The first-order chi connectivity index (χ1) is 7.15. The van der Waals surface area contributed by atoms with Gasteiger partial charge in [0.15, 0.2) is 0 Å². The molecule has 0 aliphatic carbocycles. The van der Waals surface area contributed by atoms with E-state index in [0.717, 1.165) is 17.1 Å². The summed E-state index contributed by atoms with van der Waals surface area (Å²) in [5.41, 5.74) is 0.798. The van der Waals surface area contributed by atoms with Crippen molar-refractivity contribution in [3.05, 3.63) is 15.6 Å². The van der Waals surface area contributed by atoms with E-state index in [9.17, 15) is 4.79 Å². The summed E-state index contributed by atoms with van der Waals surface area (Å²) in [5, 5.41) is 3.74. The van der Waals surface area contributed by atoms with Crippen LogP contribution in [0.2, 0.25) is 0 Å². The highest BCUT2D eigenvalue weighted by Crippen LogP contribution is 2.16. The number of hydrogen-bond donors (Lipinski definition) is 1. The molecule has 0 radical (unpaired) electrons. The van der Waals surface area contributed by atoms with Crippen molar-refractivity contribution < 1.29 is 4.79 Å². The van der Waals surface area contributed by atoms with Gasteiger partial charge in [-0.15, -0.1) is 23.7 Å². The van der Waals surface area contributed by atoms with E-state index < -0.39 is 0 Å². The van der Waals surface area contributed by atoms with E-state index in [0.29, 0.717) is 17.8 Å². The van der Waals surface area contributed by atoms with E-state index in [4.69, 9.17) is 6.42 Å². The first-order valence-electron chi connectivity index (χ1n) is 4.81. The van der Waals surface area contributed by atoms with Gasteiger partial charge in [0.1, 0.15) is 4.88 Å². The summed E-state index contributed by atoms with van der Waals surface area (Å²) in [6.07, 6.45) is 6.63. The topological polar surface area (TPSA) is 42.0 Å². The van der Waals surface area contributed by atoms with E-state index in [1.165, 1.54) is 11.3 Å². The second-order valence-electron chi connectivity index (χ2n) is 3.21. The van der Waals surface area contributed by atoms with Crippen LogP contribution in [-0.2, 0) is 0 Å². The van der Waals surface area contributed by atoms with Crippen molar-refractivity contribution in [2.45, 2.75) is 26.7 Å². The molecule has 80 valence electrons. The maximum atomic E-state index is 11.6. The fraction of sp³-hybridized carbons (Fsp3) is 0.455. The molecule has 1 rings (SSSR count). The summed E-state index contributed by atoms with van der Waals surface area (Å²) >= 11 is 1.42. The smallest absolute Gasteiger partial charge is 0.263 e. The lowest BCUT2D eigenvalue weighted by atomic mass is 10.3. The van der Waals surface area contributed by atoms with Crippen molar-refractivity contribution in [3.8, 4) is 12.3 Å². The van der Waals surface area contributed by atoms with Gasteiger partial charge in [-0.3, -0.25) is 4.79 Å². The van der Waals surface area contributed by atoms with Crippen molar-refractivity contribution in [3.63, 3.8) is 0 Å². The van der Waals surface area contributed by atoms with E-state index >= 15 is 0 Å². The number of thiazole rings is 1. The lowest BCUT2D eigenvalue weighted by Gasteiger charge is -2.01. The molecule has 1 aromatic heterocycles. The highest BCUT2D eigenvalue weighted by Gasteiger charge is 2.12. The predicted molar refractivity (Wildman–Crippen MR) is 62.0 cm³/mol. The third kappa shape index (κ3) is 3.37. The van der Waals surface area contributed by atoms with Gasteiger partial charge < -0.3 is 5.32 Å². The van der Waals surface area contributed by atoms with Crippen molar-refractivity contribution >= 4 is 17.2 Å². The van der Waals surface area contributed by atoms with Gasteiger partial charge in [-0.25, -0.2) is 4.98 Å². The number of nitrogens with zero attached hydrogens (tertiary/aromatic N) is 1. The minimum atomic E-state index is -0.0462. The standard InChI is InChI=1S/C11H14N2OS/c1-4-5-6-7-12-11(14)10-8(2)13-9(3)15-10/h1H,5-7H2,2-3H3,(H,12,14). The number of nitrogens with one attached hydrogen (secondary N) is 1. The molecule has 0 aromatic carbocycles. The average Bonchev–Trinajstić information content (AvgIpc) is 2.52. The Hall–Kier alpha value is -1.34. The van der Waals surface area contributed by atoms with Gasteiger partial charge in [-0.1, -0.05) is 0 Å². The van der Waals surface area contributed by atoms with E-state index in [-0.39, 0.29) is 5.91 Å². The van der Waals surface area contributed by atoms with Crippen molar-refractivity contribution in [2.24, 2.45) is 0 Å². The minimum absolute atomic E-state index is 0.0462. The van der Waals surface area contributed by atoms with Crippen molar-refractivity contribution in [2.75, 3.05) is 6.54 Å². The Balaban J connectivity index is 2.48. The third-order valence-corrected chi connectivity index (χ3v) is 2.96. The van der Waals surface area contributed by atoms with Gasteiger partial charge in [0.05, 0.1) is 10.7 Å². The number of unbranched alkanes of at least 4 members (excludes halogenated alkanes) is 1. The highest BCUT2D eigenvalue weighted by molar-refractivity contribution is 7.13. The summed E-state index contributed by atoms with van der Waals surface area (Å²) in [4.78, 5) is 16.6. The van der Waals surface area contributed by atoms with Crippen LogP contribution in [0.3, 0.4) is 0 Å². The molecule has 1 heterocycles. The number of hydrogen-bond acceptors (Lipinski definition) is 3. The first kappa shape index (κ1) is 11.7. The van der Waals surface area contributed by atoms with Crippen LogP contribution in [0.15, 0.2) is 0 Å². The first-order valence-corrected chi connectivity index (χ1v) is 5.62. The number of rotatable bonds is 4. The van der Waals surface area contributed by atoms with Crippen LogP contribution in [0.4, 0.5) is 0 Å². The molecule has 1 N–H and O–H groups in total. The number of aromatic nitrogens is 1. The molecule has 0 aliphatic heterocycles. The van der Waals surface area contributed by atoms with Gasteiger partial charge >= 0.3 is 0 Å². The number of amides is 1. The molecule has 1 aromatic rings. The second kappa shape index (κ2) is 5.52. The van der Waals surface area contributed by atoms with Crippen LogP contribution < -0.4 is 5.32 Å². The SMILES string of the molecule is C#CCCCNC(=O)c1sc(C)nc1C. The largest absolute Gasteiger partial charge is 0.351 e. The number of carbonyl (C=O) groups excluding carboxylic acids is 1. The summed E-state index contributed by atoms with van der Waals surface area (Å²) in [6.45, 7) is 4.37. The van der Waals surface area contributed by atoms with Gasteiger partial charge in [0.2, 0.25) is 0 Å². The Kier molecular flexibility index (Phi) is 4.32. The molecule has 0 unspecified atom stereocenters. The Morgan fingerprint density at radius 2 is 2.33 bits per heavy atom. The van der Waals surface area contributed by atoms with E-state index in [1.807, 2.05) is 13.8 Å². The zero-order valence-corrected chi connectivity index (χ0v) is 9.78. The van der Waals surface area contributed by atoms with Crippen LogP contribution in [0, 0.1) is 26.2 Å². The molecule has 0 aliphatic rings. The van der Waals surface area contributed by atoms with Gasteiger partial charge in [0, 0.05) is 13.0 Å². The van der Waals surface area contributed by atoms with Crippen LogP contribution in [0.5, 0.6) is 0 Å². The summed E-state index contributed by atoms with van der Waals surface area (Å²) in [5.74, 6) is 2.49. The van der Waals surface area contributed by atoms with Gasteiger partial charge in [-0.05, 0) is 20.3 Å². The molecule has 0 atom stereocenters. The normalized spacial score (nSPS) is 9.67. The van der Waals surface area contributed by atoms with E-state index in [2.05, 4.69) is 16.2 Å². The molecule has 0 saturated heterocycles. The molecule has 4 heteroatoms. The number of terminal acetylenes is 1. The Bertz CT molecular complexity index is 390. The number of carbonyl (C=O) groups is 1. The van der Waals surface area contributed by atoms with Gasteiger partial charge in [-0.2, -0.15) is 0 Å². The fourth-order valence-electron chi connectivity index (χ4n) is 1.21. The Labute approximate surface area is 93.9 Å². The second-order valence-corrected chi connectivity index (χ2v) is 4.41. The summed E-state index contributed by atoms with van der Waals surface area (Å²) < 4.78 is 0. The highest BCUT2D eigenvalue weighted by atomic mass is 32.1. The monoisotopic (exact) mass is 222 g/mol. The summed E-state index contributed by atoms with van der Waals surface area (Å²) in [6, 6.07) is 0. The predicted octanol–water partition coefficient (Wildman–Crippen LogP) is 1.90. The average molecular weight is 222 g/mol. The molecular formula is C11H14N2OS. The van der Waals surface area contributed by atoms with E-state index in [1.54, 1.807) is 0 Å². The zero-order chi connectivity index (χ0) is 11.3. The van der Waals surface area contributed by atoms with Crippen LogP contribution >= 0.6 is 11.3 Å². The van der Waals surface area contributed by atoms with Crippen molar-refractivity contribution in [1.82, 2.24) is 10.3 Å². The Morgan fingerprint density at radius 3 is 2.87 bits per heavy atom. The molecule has 0 saturated carbocycles. The maximum absolute atomic E-state index is 11.6. The molecule has 0 spiro atoms. The quantitative estimate of drug-likeness (QED) is 0.624. The molecule has 0 bridgehead atoms. The third-order valence-electron chi connectivity index (χ3n) is 1.89. The van der Waals surface area contributed by atoms with Crippen LogP contribution in [0.25, 0.3) is 0 Å². The van der Waals surface area contributed by atoms with Crippen LogP contribution in [0.1, 0.15) is 33.2 Å². The lowest BCUT2D eigenvalue weighted by molar-refractivity contribution is 0.0956. The fourth-order valence-corrected chi connectivity index (χ4v) is 2.05. The summed E-state index contributed by atoms with van der Waals surface area (Å²) in [7, 11) is 0. The molecule has 3 nitrogen and oxygen atoms in total. The molecule has 15 heavy (non-hydrogen) atoms. The molecular weight excluding hydrogens is 208 g/mol. The Morgan fingerprint density at radius 1 is 1.60 bits per heavy atom. The molecule has 0 fully saturated rings. The zero-order valence-electron chi connectivity index (χ0n) is 8.96. The maximum Gasteiger partial charge on any atom is 0.263 e. The lowest BCUT2D eigenvalue weighted by Crippen LogP contribution is -2.24. The molecule has 1 amide bonds. The number of aryl methyl sites for hydroxylation is 2. The minimum Gasteiger partial charge on any atom is -0.351 e. The van der Waals surface area contributed by atoms with Crippen molar-refractivity contribution in [1.29, 1.82) is 0 Å². The van der Waals surface area contributed by atoms with Gasteiger partial charge in [0.25, 0.3) is 5.91 Å².